The molecule has 2 rings (SSSR count). The number of hydrogen-bond acceptors (Lipinski definition) is 3. The molecule has 6 heteroatoms. The van der Waals surface area contributed by atoms with Crippen molar-refractivity contribution in [2.24, 2.45) is 5.73 Å². The lowest BCUT2D eigenvalue weighted by Crippen LogP contribution is -2.13. The molecule has 2 aromatic rings. The maximum atomic E-state index is 6.08. The SMILES string of the molecule is NC(=S)c1c(Cl)cccc1NCc1ccc(Cl)s1. The normalized spacial score (nSPS) is 10.3. The van der Waals surface area contributed by atoms with E-state index in [-0.39, 0.29) is 4.99 Å². The highest BCUT2D eigenvalue weighted by atomic mass is 35.5. The Balaban J connectivity index is 2.19. The van der Waals surface area contributed by atoms with Crippen LogP contribution in [0.1, 0.15) is 10.4 Å². The lowest BCUT2D eigenvalue weighted by Gasteiger charge is -2.11. The minimum Gasteiger partial charge on any atom is -0.389 e. The van der Waals surface area contributed by atoms with E-state index in [4.69, 9.17) is 41.2 Å². The number of nitrogens with two attached hydrogens (primary N) is 1. The van der Waals surface area contributed by atoms with Crippen LogP contribution in [0.5, 0.6) is 0 Å². The Morgan fingerprint density at radius 2 is 2.06 bits per heavy atom. The monoisotopic (exact) mass is 316 g/mol. The molecule has 0 aliphatic heterocycles. The van der Waals surface area contributed by atoms with Crippen LogP contribution in [0.3, 0.4) is 0 Å². The first kappa shape index (κ1) is 13.6. The van der Waals surface area contributed by atoms with Crippen LogP contribution < -0.4 is 11.1 Å². The van der Waals surface area contributed by atoms with E-state index in [0.717, 1.165) is 14.9 Å². The molecule has 2 nitrogen and oxygen atoms in total. The van der Waals surface area contributed by atoms with E-state index in [1.165, 1.54) is 11.3 Å². The summed E-state index contributed by atoms with van der Waals surface area (Å²) in [5.41, 5.74) is 7.19. The molecule has 0 saturated carbocycles. The molecule has 1 heterocycles. The number of rotatable bonds is 4. The average Bonchev–Trinajstić information content (AvgIpc) is 2.72. The number of anilines is 1. The Bertz CT molecular complexity index is 581. The van der Waals surface area contributed by atoms with Crippen molar-refractivity contribution in [3.8, 4) is 0 Å². The summed E-state index contributed by atoms with van der Waals surface area (Å²) in [5, 5.41) is 3.82. The van der Waals surface area contributed by atoms with Gasteiger partial charge in [-0.2, -0.15) is 0 Å². The smallest absolute Gasteiger partial charge is 0.107 e. The second-order valence-corrected chi connectivity index (χ2v) is 6.23. The van der Waals surface area contributed by atoms with Crippen LogP contribution in [0.25, 0.3) is 0 Å². The number of nitrogens with one attached hydrogen (secondary N) is 1. The Hall–Kier alpha value is -0.810. The minimum absolute atomic E-state index is 0.285. The maximum absolute atomic E-state index is 6.08. The van der Waals surface area contributed by atoms with E-state index < -0.39 is 0 Å². The van der Waals surface area contributed by atoms with Gasteiger partial charge in [-0.3, -0.25) is 0 Å². The summed E-state index contributed by atoms with van der Waals surface area (Å²) in [6.45, 7) is 0.660. The van der Waals surface area contributed by atoms with Crippen molar-refractivity contribution < 1.29 is 0 Å². The molecule has 0 atom stereocenters. The van der Waals surface area contributed by atoms with Gasteiger partial charge in [0.1, 0.15) is 4.99 Å². The quantitative estimate of drug-likeness (QED) is 0.826. The Morgan fingerprint density at radius 3 is 2.67 bits per heavy atom. The fraction of sp³-hybridized carbons (Fsp3) is 0.0833. The van der Waals surface area contributed by atoms with E-state index in [2.05, 4.69) is 5.32 Å². The molecule has 0 spiro atoms. The van der Waals surface area contributed by atoms with Gasteiger partial charge in [0, 0.05) is 17.1 Å². The molecule has 0 fully saturated rings. The van der Waals surface area contributed by atoms with Crippen LogP contribution in [0, 0.1) is 0 Å². The molecule has 1 aromatic carbocycles. The van der Waals surface area contributed by atoms with Crippen LogP contribution >= 0.6 is 46.8 Å². The van der Waals surface area contributed by atoms with Crippen LogP contribution in [0.2, 0.25) is 9.36 Å². The molecule has 94 valence electrons. The summed E-state index contributed by atoms with van der Waals surface area (Å²) in [6, 6.07) is 9.37. The summed E-state index contributed by atoms with van der Waals surface area (Å²) < 4.78 is 0.771. The molecular weight excluding hydrogens is 307 g/mol. The molecule has 0 aliphatic carbocycles. The van der Waals surface area contributed by atoms with Crippen molar-refractivity contribution in [3.05, 3.63) is 50.1 Å². The molecule has 0 saturated heterocycles. The zero-order valence-corrected chi connectivity index (χ0v) is 12.4. The van der Waals surface area contributed by atoms with Gasteiger partial charge < -0.3 is 11.1 Å². The standard InChI is InChI=1S/C12H10Cl2N2S2/c13-8-2-1-3-9(11(8)12(15)17)16-6-7-4-5-10(14)18-7/h1-5,16H,6H2,(H2,15,17). The van der Waals surface area contributed by atoms with Gasteiger partial charge in [-0.1, -0.05) is 41.5 Å². The highest BCUT2D eigenvalue weighted by Gasteiger charge is 2.09. The largest absolute Gasteiger partial charge is 0.389 e. The number of hydrogen-bond donors (Lipinski definition) is 2. The molecular formula is C12H10Cl2N2S2. The van der Waals surface area contributed by atoms with Crippen LogP contribution in [-0.2, 0) is 6.54 Å². The fourth-order valence-corrected chi connectivity index (χ4v) is 3.13. The van der Waals surface area contributed by atoms with Gasteiger partial charge in [0.05, 0.1) is 14.9 Å². The molecule has 1 aromatic heterocycles. The van der Waals surface area contributed by atoms with Crippen LogP contribution in [0.15, 0.2) is 30.3 Å². The van der Waals surface area contributed by atoms with Crippen LogP contribution in [-0.4, -0.2) is 4.99 Å². The Kier molecular flexibility index (Phi) is 4.45. The van der Waals surface area contributed by atoms with Gasteiger partial charge in [0.25, 0.3) is 0 Å². The van der Waals surface area contributed by atoms with E-state index in [0.29, 0.717) is 17.1 Å². The zero-order chi connectivity index (χ0) is 13.1. The van der Waals surface area contributed by atoms with Crippen molar-refractivity contribution >= 4 is 57.4 Å². The first-order chi connectivity index (χ1) is 8.58. The zero-order valence-electron chi connectivity index (χ0n) is 9.24. The molecule has 18 heavy (non-hydrogen) atoms. The predicted molar refractivity (Wildman–Crippen MR) is 84.0 cm³/mol. The second kappa shape index (κ2) is 5.89. The third kappa shape index (κ3) is 3.14. The first-order valence-electron chi connectivity index (χ1n) is 5.14. The lowest BCUT2D eigenvalue weighted by molar-refractivity contribution is 1.19. The minimum atomic E-state index is 0.285. The maximum Gasteiger partial charge on any atom is 0.107 e. The second-order valence-electron chi connectivity index (χ2n) is 3.59. The average molecular weight is 317 g/mol. The van der Waals surface area contributed by atoms with Gasteiger partial charge in [-0.05, 0) is 24.3 Å². The summed E-state index contributed by atoms with van der Waals surface area (Å²) >= 11 is 18.5. The van der Waals surface area contributed by atoms with Crippen molar-refractivity contribution in [1.29, 1.82) is 0 Å². The van der Waals surface area contributed by atoms with Crippen molar-refractivity contribution in [2.45, 2.75) is 6.54 Å². The summed E-state index contributed by atoms with van der Waals surface area (Å²) in [4.78, 5) is 1.42. The number of thiophene rings is 1. The third-order valence-electron chi connectivity index (χ3n) is 2.34. The van der Waals surface area contributed by atoms with E-state index in [1.807, 2.05) is 24.3 Å². The predicted octanol–water partition coefficient (Wildman–Crippen LogP) is 4.30. The molecule has 0 amide bonds. The fourth-order valence-electron chi connectivity index (χ4n) is 1.55. The van der Waals surface area contributed by atoms with Crippen molar-refractivity contribution in [1.82, 2.24) is 0 Å². The topological polar surface area (TPSA) is 38.0 Å². The first-order valence-corrected chi connectivity index (χ1v) is 7.12. The summed E-state index contributed by atoms with van der Waals surface area (Å²) in [7, 11) is 0. The van der Waals surface area contributed by atoms with Gasteiger partial charge in [0.2, 0.25) is 0 Å². The van der Waals surface area contributed by atoms with Gasteiger partial charge in [0.15, 0.2) is 0 Å². The molecule has 3 N–H and O–H groups in total. The molecule has 0 unspecified atom stereocenters. The van der Waals surface area contributed by atoms with E-state index >= 15 is 0 Å². The van der Waals surface area contributed by atoms with E-state index in [9.17, 15) is 0 Å². The molecule has 0 aliphatic rings. The van der Waals surface area contributed by atoms with Gasteiger partial charge >= 0.3 is 0 Å². The summed E-state index contributed by atoms with van der Waals surface area (Å²) in [5.74, 6) is 0. The third-order valence-corrected chi connectivity index (χ3v) is 4.09. The molecule has 0 radical (unpaired) electrons. The highest BCUT2D eigenvalue weighted by molar-refractivity contribution is 7.80. The Labute approximate surface area is 125 Å². The Morgan fingerprint density at radius 1 is 1.28 bits per heavy atom. The highest BCUT2D eigenvalue weighted by Crippen LogP contribution is 2.26. The van der Waals surface area contributed by atoms with Gasteiger partial charge in [-0.25, -0.2) is 0 Å². The van der Waals surface area contributed by atoms with Crippen molar-refractivity contribution in [3.63, 3.8) is 0 Å². The van der Waals surface area contributed by atoms with Crippen molar-refractivity contribution in [2.75, 3.05) is 5.32 Å². The van der Waals surface area contributed by atoms with Gasteiger partial charge in [-0.15, -0.1) is 11.3 Å². The van der Waals surface area contributed by atoms with E-state index in [1.54, 1.807) is 6.07 Å². The summed E-state index contributed by atoms with van der Waals surface area (Å²) in [6.07, 6.45) is 0. The van der Waals surface area contributed by atoms with Crippen LogP contribution in [0.4, 0.5) is 5.69 Å². The molecule has 0 bridgehead atoms. The lowest BCUT2D eigenvalue weighted by atomic mass is 10.1. The number of benzene rings is 1. The number of halogens is 2. The number of thiocarbonyl (C=S) groups is 1.